The van der Waals surface area contributed by atoms with Gasteiger partial charge in [0.05, 0.1) is 48.8 Å². The first-order valence-corrected chi connectivity index (χ1v) is 11.3. The predicted molar refractivity (Wildman–Crippen MR) is 146 cm³/mol. The number of benzene rings is 2. The van der Waals surface area contributed by atoms with Crippen LogP contribution in [0.5, 0.6) is 23.0 Å². The maximum absolute atomic E-state index is 9.76. The highest BCUT2D eigenvalue weighted by atomic mass is 35.5. The van der Waals surface area contributed by atoms with E-state index in [2.05, 4.69) is 38.4 Å². The molecule has 194 valence electrons. The molecule has 0 radical (unpaired) electrons. The van der Waals surface area contributed by atoms with Crippen LogP contribution in [0.4, 0.5) is 11.4 Å². The highest BCUT2D eigenvalue weighted by Crippen LogP contribution is 2.44. The van der Waals surface area contributed by atoms with E-state index in [1.807, 2.05) is 12.1 Å². The molecule has 0 atom stereocenters. The summed E-state index contributed by atoms with van der Waals surface area (Å²) in [6, 6.07) is 9.58. The van der Waals surface area contributed by atoms with Crippen molar-refractivity contribution in [2.75, 3.05) is 59.1 Å². The highest BCUT2D eigenvalue weighted by Gasteiger charge is 2.23. The average molecular weight is 544 g/mol. The summed E-state index contributed by atoms with van der Waals surface area (Å²) in [6.07, 6.45) is 1.53. The molecule has 2 aromatic carbocycles. The van der Waals surface area contributed by atoms with Gasteiger partial charge in [-0.1, -0.05) is 11.8 Å². The Balaban J connectivity index is 0.00000190. The number of piperazine rings is 1. The van der Waals surface area contributed by atoms with Gasteiger partial charge in [0.1, 0.15) is 6.07 Å². The molecule has 1 fully saturated rings. The van der Waals surface area contributed by atoms with Gasteiger partial charge in [0.15, 0.2) is 23.0 Å². The Hall–Kier alpha value is -3.60. The number of halogens is 2. The van der Waals surface area contributed by atoms with E-state index in [0.29, 0.717) is 57.4 Å². The van der Waals surface area contributed by atoms with Crippen molar-refractivity contribution in [3.8, 4) is 40.9 Å². The van der Waals surface area contributed by atoms with Gasteiger partial charge in [-0.05, 0) is 18.2 Å². The molecule has 0 saturated carbocycles. The Morgan fingerprint density at radius 2 is 1.78 bits per heavy atom. The summed E-state index contributed by atoms with van der Waals surface area (Å²) in [5.74, 6) is 8.74. The fourth-order valence-electron chi connectivity index (χ4n) is 4.18. The van der Waals surface area contributed by atoms with Gasteiger partial charge in [0.2, 0.25) is 6.79 Å². The fraction of sp³-hybridized carbons (Fsp3) is 0.308. The Morgan fingerprint density at radius 3 is 2.51 bits per heavy atom. The van der Waals surface area contributed by atoms with Crippen LogP contribution < -0.4 is 29.6 Å². The minimum Gasteiger partial charge on any atom is -0.493 e. The van der Waals surface area contributed by atoms with Gasteiger partial charge < -0.3 is 29.6 Å². The molecule has 1 saturated heterocycles. The third-order valence-electron chi connectivity index (χ3n) is 6.01. The maximum atomic E-state index is 9.76. The Bertz CT molecular complexity index is 1380. The molecule has 0 unspecified atom stereocenters. The minimum atomic E-state index is 0. The van der Waals surface area contributed by atoms with Gasteiger partial charge in [-0.3, -0.25) is 9.88 Å². The van der Waals surface area contributed by atoms with E-state index in [1.165, 1.54) is 6.20 Å². The first-order chi connectivity index (χ1) is 17.2. The Kier molecular flexibility index (Phi) is 9.51. The van der Waals surface area contributed by atoms with Gasteiger partial charge in [-0.25, -0.2) is 0 Å². The largest absolute Gasteiger partial charge is 0.493 e. The molecule has 0 amide bonds. The summed E-state index contributed by atoms with van der Waals surface area (Å²) in [5.41, 5.74) is 3.08. The van der Waals surface area contributed by atoms with Crippen molar-refractivity contribution >= 4 is 47.1 Å². The van der Waals surface area contributed by atoms with E-state index in [0.717, 1.165) is 31.7 Å². The first kappa shape index (κ1) is 28.0. The van der Waals surface area contributed by atoms with Crippen molar-refractivity contribution in [2.24, 2.45) is 0 Å². The first-order valence-electron chi connectivity index (χ1n) is 11.3. The molecule has 2 aliphatic heterocycles. The number of nitriles is 1. The number of pyridine rings is 1. The molecule has 0 spiro atoms. The summed E-state index contributed by atoms with van der Waals surface area (Å²) in [5, 5.41) is 17.2. The van der Waals surface area contributed by atoms with Crippen molar-refractivity contribution < 1.29 is 18.9 Å². The number of nitrogens with one attached hydrogen (secondary N) is 2. The molecule has 2 N–H and O–H groups in total. The summed E-state index contributed by atoms with van der Waals surface area (Å²) in [7, 11) is 3.14. The monoisotopic (exact) mass is 543 g/mol. The van der Waals surface area contributed by atoms with E-state index in [-0.39, 0.29) is 31.6 Å². The second-order valence-electron chi connectivity index (χ2n) is 8.06. The molecule has 1 aromatic heterocycles. The molecule has 11 heteroatoms. The predicted octanol–water partition coefficient (Wildman–Crippen LogP) is 3.70. The van der Waals surface area contributed by atoms with Crippen molar-refractivity contribution in [3.63, 3.8) is 0 Å². The number of methoxy groups -OCH3 is 2. The smallest absolute Gasteiger partial charge is 0.231 e. The molecular weight excluding hydrogens is 517 g/mol. The van der Waals surface area contributed by atoms with Gasteiger partial charge in [0, 0.05) is 43.8 Å². The van der Waals surface area contributed by atoms with Crippen LogP contribution in [0.2, 0.25) is 0 Å². The lowest BCUT2D eigenvalue weighted by atomic mass is 10.1. The van der Waals surface area contributed by atoms with Gasteiger partial charge in [-0.2, -0.15) is 5.26 Å². The third kappa shape index (κ3) is 5.71. The lowest BCUT2D eigenvalue weighted by Gasteiger charge is -2.24. The number of ether oxygens (including phenoxy) is 4. The standard InChI is InChI=1S/C26H25N5O4.2ClH/c1-32-22-12-19-21(13-23(22)33-2)29-15-18(14-27)24(19)30-20-6-5-17(25-26(20)35-16-34-25)4-3-9-31-10-7-28-8-11-31;;/h5-6,12-13,15,28H,7-11,16H2,1-2H3,(H,29,30);2*1H. The minimum absolute atomic E-state index is 0. The summed E-state index contributed by atoms with van der Waals surface area (Å²) < 4.78 is 22.4. The van der Waals surface area contributed by atoms with Crippen molar-refractivity contribution in [1.82, 2.24) is 15.2 Å². The number of anilines is 2. The zero-order valence-electron chi connectivity index (χ0n) is 20.4. The van der Waals surface area contributed by atoms with Crippen LogP contribution in [-0.2, 0) is 0 Å². The lowest BCUT2D eigenvalue weighted by Crippen LogP contribution is -2.43. The molecule has 2 aliphatic rings. The fourth-order valence-corrected chi connectivity index (χ4v) is 4.18. The van der Waals surface area contributed by atoms with E-state index >= 15 is 0 Å². The topological polar surface area (TPSA) is 101 Å². The molecule has 0 bridgehead atoms. The number of nitrogens with zero attached hydrogens (tertiary/aromatic N) is 3. The maximum Gasteiger partial charge on any atom is 0.231 e. The van der Waals surface area contributed by atoms with Crippen molar-refractivity contribution in [2.45, 2.75) is 0 Å². The quantitative estimate of drug-likeness (QED) is 0.466. The van der Waals surface area contributed by atoms with E-state index in [4.69, 9.17) is 18.9 Å². The van der Waals surface area contributed by atoms with Crippen LogP contribution in [0.3, 0.4) is 0 Å². The highest BCUT2D eigenvalue weighted by molar-refractivity contribution is 5.98. The molecule has 3 aromatic rings. The molecule has 0 aliphatic carbocycles. The Morgan fingerprint density at radius 1 is 1.05 bits per heavy atom. The summed E-state index contributed by atoms with van der Waals surface area (Å²) in [4.78, 5) is 6.73. The van der Waals surface area contributed by atoms with Gasteiger partial charge >= 0.3 is 0 Å². The van der Waals surface area contributed by atoms with Crippen LogP contribution in [0.25, 0.3) is 10.9 Å². The normalized spacial score (nSPS) is 13.9. The van der Waals surface area contributed by atoms with Crippen LogP contribution in [0, 0.1) is 23.2 Å². The van der Waals surface area contributed by atoms with E-state index in [1.54, 1.807) is 26.4 Å². The molecule has 37 heavy (non-hydrogen) atoms. The average Bonchev–Trinajstić information content (AvgIpc) is 3.40. The lowest BCUT2D eigenvalue weighted by molar-refractivity contribution is 0.174. The zero-order chi connectivity index (χ0) is 24.2. The summed E-state index contributed by atoms with van der Waals surface area (Å²) in [6.45, 7) is 4.77. The second kappa shape index (κ2) is 12.6. The number of hydrogen-bond donors (Lipinski definition) is 2. The number of hydrogen-bond acceptors (Lipinski definition) is 9. The zero-order valence-corrected chi connectivity index (χ0v) is 22.1. The number of aromatic nitrogens is 1. The Labute approximate surface area is 227 Å². The molecule has 3 heterocycles. The van der Waals surface area contributed by atoms with Crippen LogP contribution in [0.15, 0.2) is 30.5 Å². The van der Waals surface area contributed by atoms with E-state index in [9.17, 15) is 5.26 Å². The molecule has 5 rings (SSSR count). The SMILES string of the molecule is COc1cc2ncc(C#N)c(Nc3ccc(C#CCN4CCNCC4)c4c3OCO4)c2cc1OC.Cl.Cl. The van der Waals surface area contributed by atoms with Crippen LogP contribution in [-0.4, -0.2) is 63.6 Å². The number of rotatable bonds is 5. The molecule has 9 nitrogen and oxygen atoms in total. The van der Waals surface area contributed by atoms with Crippen LogP contribution in [0.1, 0.15) is 11.1 Å². The van der Waals surface area contributed by atoms with Gasteiger partial charge in [0.25, 0.3) is 0 Å². The summed E-state index contributed by atoms with van der Waals surface area (Å²) >= 11 is 0. The third-order valence-corrected chi connectivity index (χ3v) is 6.01. The van der Waals surface area contributed by atoms with Crippen LogP contribution >= 0.6 is 24.8 Å². The number of fused-ring (bicyclic) bond motifs is 2. The molecular formula is C26H27Cl2N5O4. The second-order valence-corrected chi connectivity index (χ2v) is 8.06. The van der Waals surface area contributed by atoms with E-state index < -0.39 is 0 Å². The van der Waals surface area contributed by atoms with Gasteiger partial charge in [-0.15, -0.1) is 24.8 Å². The van der Waals surface area contributed by atoms with Crippen molar-refractivity contribution in [3.05, 3.63) is 41.6 Å². The van der Waals surface area contributed by atoms with Crippen molar-refractivity contribution in [1.29, 1.82) is 5.26 Å².